The van der Waals surface area contributed by atoms with Crippen LogP contribution in [0.4, 0.5) is 4.39 Å². The zero-order valence-electron chi connectivity index (χ0n) is 9.70. The summed E-state index contributed by atoms with van der Waals surface area (Å²) in [5.74, 6) is -0.416. The first-order chi connectivity index (χ1) is 7.56. The van der Waals surface area contributed by atoms with E-state index in [-0.39, 0.29) is 13.0 Å². The van der Waals surface area contributed by atoms with Gasteiger partial charge in [-0.25, -0.2) is 4.39 Å². The summed E-state index contributed by atoms with van der Waals surface area (Å²) < 4.78 is 18.9. The molecule has 0 N–H and O–H groups in total. The maximum Gasteiger partial charge on any atom is 0.189 e. The molecule has 0 fully saturated rings. The van der Waals surface area contributed by atoms with Gasteiger partial charge in [0.15, 0.2) is 11.5 Å². The highest BCUT2D eigenvalue weighted by Gasteiger charge is 2.31. The van der Waals surface area contributed by atoms with Crippen molar-refractivity contribution in [2.75, 3.05) is 6.61 Å². The van der Waals surface area contributed by atoms with E-state index in [9.17, 15) is 9.18 Å². The topological polar surface area (TPSA) is 26.3 Å². The molecule has 0 radical (unpaired) electrons. The van der Waals surface area contributed by atoms with Gasteiger partial charge in [-0.2, -0.15) is 0 Å². The average molecular weight is 224 g/mol. The minimum atomic E-state index is -1.87. The van der Waals surface area contributed by atoms with Crippen LogP contribution in [-0.4, -0.2) is 18.1 Å². The molecule has 16 heavy (non-hydrogen) atoms. The third-order valence-electron chi connectivity index (χ3n) is 2.39. The van der Waals surface area contributed by atoms with Crippen LogP contribution in [0.3, 0.4) is 0 Å². The molecule has 0 saturated heterocycles. The molecule has 0 aromatic heterocycles. The number of carbonyl (C=O) groups excluding carboxylic acids is 1. The summed E-state index contributed by atoms with van der Waals surface area (Å²) in [7, 11) is 0. The van der Waals surface area contributed by atoms with E-state index in [1.54, 1.807) is 6.92 Å². The van der Waals surface area contributed by atoms with Crippen LogP contribution in [0.1, 0.15) is 25.8 Å². The molecule has 88 valence electrons. The highest BCUT2D eigenvalue weighted by molar-refractivity contribution is 5.86. The molecule has 2 nitrogen and oxygen atoms in total. The van der Waals surface area contributed by atoms with Gasteiger partial charge in [0.05, 0.1) is 13.2 Å². The second-order valence-corrected chi connectivity index (χ2v) is 3.95. The maximum atomic E-state index is 13.7. The Balaban J connectivity index is 2.38. The number of ketones is 1. The lowest BCUT2D eigenvalue weighted by Gasteiger charge is -2.18. The van der Waals surface area contributed by atoms with Gasteiger partial charge in [-0.05, 0) is 12.5 Å². The summed E-state index contributed by atoms with van der Waals surface area (Å²) in [4.78, 5) is 11.2. The number of ether oxygens (including phenoxy) is 1. The van der Waals surface area contributed by atoms with E-state index < -0.39 is 11.5 Å². The zero-order valence-corrected chi connectivity index (χ0v) is 9.70. The fraction of sp³-hybridized carbons (Fsp3) is 0.462. The zero-order chi connectivity index (χ0) is 12.0. The maximum absolute atomic E-state index is 13.7. The van der Waals surface area contributed by atoms with Crippen molar-refractivity contribution in [2.45, 2.75) is 32.5 Å². The number of benzene rings is 1. The Bertz CT molecular complexity index is 333. The van der Waals surface area contributed by atoms with Gasteiger partial charge in [-0.15, -0.1) is 0 Å². The number of rotatable bonds is 6. The van der Waals surface area contributed by atoms with Gasteiger partial charge in [-0.3, -0.25) is 4.79 Å². The molecule has 0 amide bonds. The molecule has 0 aliphatic heterocycles. The molecule has 1 aromatic rings. The Morgan fingerprint density at radius 1 is 1.38 bits per heavy atom. The van der Waals surface area contributed by atoms with Gasteiger partial charge >= 0.3 is 0 Å². The van der Waals surface area contributed by atoms with Gasteiger partial charge in [-0.1, -0.05) is 37.3 Å². The summed E-state index contributed by atoms with van der Waals surface area (Å²) in [5, 5.41) is 0. The number of hydrogen-bond acceptors (Lipinski definition) is 2. The quantitative estimate of drug-likeness (QED) is 0.742. The second-order valence-electron chi connectivity index (χ2n) is 3.95. The Labute approximate surface area is 95.4 Å². The van der Waals surface area contributed by atoms with Crippen LogP contribution in [0.25, 0.3) is 0 Å². The van der Waals surface area contributed by atoms with Crippen LogP contribution in [0.5, 0.6) is 0 Å². The van der Waals surface area contributed by atoms with Crippen molar-refractivity contribution < 1.29 is 13.9 Å². The number of Topliss-reactive ketones (excluding diaryl/α,β-unsaturated/α-hetero) is 1. The standard InChI is InChI=1S/C13H17FO2/c1-3-12(15)13(2,14)10-16-9-11-7-5-4-6-8-11/h4-8H,3,9-10H2,1-2H3. The van der Waals surface area contributed by atoms with Gasteiger partial charge < -0.3 is 4.74 Å². The molecule has 0 heterocycles. The third kappa shape index (κ3) is 3.74. The molecule has 0 aliphatic carbocycles. The Morgan fingerprint density at radius 3 is 2.56 bits per heavy atom. The number of halogens is 1. The van der Waals surface area contributed by atoms with Gasteiger partial charge in [0.1, 0.15) is 0 Å². The minimum absolute atomic E-state index is 0.186. The summed E-state index contributed by atoms with van der Waals surface area (Å²) in [6, 6.07) is 9.49. The molecule has 1 atom stereocenters. The largest absolute Gasteiger partial charge is 0.373 e. The average Bonchev–Trinajstić information content (AvgIpc) is 2.29. The highest BCUT2D eigenvalue weighted by Crippen LogP contribution is 2.15. The summed E-state index contributed by atoms with van der Waals surface area (Å²) in [6.45, 7) is 3.06. The van der Waals surface area contributed by atoms with Crippen LogP contribution in [0, 0.1) is 0 Å². The van der Waals surface area contributed by atoms with E-state index in [0.29, 0.717) is 6.61 Å². The van der Waals surface area contributed by atoms with Crippen LogP contribution in [0.15, 0.2) is 30.3 Å². The van der Waals surface area contributed by atoms with Crippen LogP contribution < -0.4 is 0 Å². The third-order valence-corrected chi connectivity index (χ3v) is 2.39. The first-order valence-corrected chi connectivity index (χ1v) is 5.40. The molecule has 0 saturated carbocycles. The SMILES string of the molecule is CCC(=O)C(C)(F)COCc1ccccc1. The van der Waals surface area contributed by atoms with Crippen molar-refractivity contribution in [3.63, 3.8) is 0 Å². The Hall–Kier alpha value is -1.22. The van der Waals surface area contributed by atoms with Crippen molar-refractivity contribution in [1.82, 2.24) is 0 Å². The summed E-state index contributed by atoms with van der Waals surface area (Å²) in [5.41, 5.74) is -0.897. The predicted molar refractivity (Wildman–Crippen MR) is 60.9 cm³/mol. The van der Waals surface area contributed by atoms with Crippen molar-refractivity contribution in [1.29, 1.82) is 0 Å². The Morgan fingerprint density at radius 2 is 2.00 bits per heavy atom. The predicted octanol–water partition coefficient (Wildman–Crippen LogP) is 2.91. The molecule has 0 aliphatic rings. The normalized spacial score (nSPS) is 14.4. The van der Waals surface area contributed by atoms with Crippen molar-refractivity contribution in [2.24, 2.45) is 0 Å². The van der Waals surface area contributed by atoms with E-state index >= 15 is 0 Å². The fourth-order valence-corrected chi connectivity index (χ4v) is 1.38. The molecular formula is C13H17FO2. The van der Waals surface area contributed by atoms with Crippen LogP contribution in [0.2, 0.25) is 0 Å². The van der Waals surface area contributed by atoms with Crippen molar-refractivity contribution in [3.05, 3.63) is 35.9 Å². The van der Waals surface area contributed by atoms with E-state index in [0.717, 1.165) is 5.56 Å². The molecule has 0 bridgehead atoms. The van der Waals surface area contributed by atoms with E-state index in [2.05, 4.69) is 0 Å². The molecule has 1 unspecified atom stereocenters. The van der Waals surface area contributed by atoms with Crippen molar-refractivity contribution in [3.8, 4) is 0 Å². The van der Waals surface area contributed by atoms with E-state index in [1.807, 2.05) is 30.3 Å². The summed E-state index contributed by atoms with van der Waals surface area (Å²) >= 11 is 0. The second kappa shape index (κ2) is 5.75. The Kier molecular flexibility index (Phi) is 4.62. The first-order valence-electron chi connectivity index (χ1n) is 5.40. The number of hydrogen-bond donors (Lipinski definition) is 0. The minimum Gasteiger partial charge on any atom is -0.373 e. The van der Waals surface area contributed by atoms with Crippen LogP contribution >= 0.6 is 0 Å². The monoisotopic (exact) mass is 224 g/mol. The lowest BCUT2D eigenvalue weighted by molar-refractivity contribution is -0.133. The van der Waals surface area contributed by atoms with Crippen molar-refractivity contribution >= 4 is 5.78 Å². The molecule has 0 spiro atoms. The van der Waals surface area contributed by atoms with Crippen LogP contribution in [-0.2, 0) is 16.1 Å². The number of alkyl halides is 1. The van der Waals surface area contributed by atoms with E-state index in [1.165, 1.54) is 6.92 Å². The molecule has 1 aromatic carbocycles. The smallest absolute Gasteiger partial charge is 0.189 e. The number of carbonyl (C=O) groups is 1. The van der Waals surface area contributed by atoms with E-state index in [4.69, 9.17) is 4.74 Å². The first kappa shape index (κ1) is 12.8. The summed E-state index contributed by atoms with van der Waals surface area (Å²) in [6.07, 6.45) is 0.196. The van der Waals surface area contributed by atoms with Gasteiger partial charge in [0.2, 0.25) is 0 Å². The van der Waals surface area contributed by atoms with Gasteiger partial charge in [0.25, 0.3) is 0 Å². The van der Waals surface area contributed by atoms with Gasteiger partial charge in [0, 0.05) is 6.42 Å². The lowest BCUT2D eigenvalue weighted by Crippen LogP contribution is -2.34. The fourth-order valence-electron chi connectivity index (χ4n) is 1.38. The highest BCUT2D eigenvalue weighted by atomic mass is 19.1. The molecular weight excluding hydrogens is 207 g/mol. The molecule has 1 rings (SSSR count). The molecule has 3 heteroatoms. The lowest BCUT2D eigenvalue weighted by atomic mass is 10.0.